The van der Waals surface area contributed by atoms with Crippen molar-refractivity contribution in [1.29, 1.82) is 0 Å². The standard InChI is InChI=1S/C6H3IN2O2/c7-3-1-4-5(8-2-3)9-6(10)11-4/h1-2H,(H,8,9,10). The summed E-state index contributed by atoms with van der Waals surface area (Å²) in [6, 6.07) is 1.75. The maximum Gasteiger partial charge on any atom is 0.418 e. The first kappa shape index (κ1) is 6.84. The van der Waals surface area contributed by atoms with Crippen molar-refractivity contribution in [3.05, 3.63) is 26.4 Å². The minimum Gasteiger partial charge on any atom is -0.406 e. The van der Waals surface area contributed by atoms with Gasteiger partial charge in [-0.2, -0.15) is 0 Å². The van der Waals surface area contributed by atoms with Gasteiger partial charge >= 0.3 is 5.76 Å². The summed E-state index contributed by atoms with van der Waals surface area (Å²) < 4.78 is 5.71. The molecular weight excluding hydrogens is 259 g/mol. The second kappa shape index (κ2) is 2.33. The molecule has 1 N–H and O–H groups in total. The van der Waals surface area contributed by atoms with Crippen LogP contribution in [0, 0.1) is 3.57 Å². The Morgan fingerprint density at radius 1 is 1.64 bits per heavy atom. The van der Waals surface area contributed by atoms with Crippen LogP contribution in [-0.4, -0.2) is 9.97 Å². The molecule has 2 aromatic heterocycles. The van der Waals surface area contributed by atoms with Gasteiger partial charge in [0.1, 0.15) is 0 Å². The molecule has 0 fully saturated rings. The summed E-state index contributed by atoms with van der Waals surface area (Å²) in [5.41, 5.74) is 0.998. The Labute approximate surface area is 74.8 Å². The van der Waals surface area contributed by atoms with Gasteiger partial charge < -0.3 is 4.42 Å². The van der Waals surface area contributed by atoms with E-state index in [1.54, 1.807) is 12.3 Å². The zero-order valence-electron chi connectivity index (χ0n) is 5.30. The summed E-state index contributed by atoms with van der Waals surface area (Å²) in [5.74, 6) is -0.463. The third kappa shape index (κ3) is 1.15. The van der Waals surface area contributed by atoms with E-state index in [4.69, 9.17) is 4.42 Å². The van der Waals surface area contributed by atoms with Crippen LogP contribution in [0.5, 0.6) is 0 Å². The Kier molecular flexibility index (Phi) is 1.45. The largest absolute Gasteiger partial charge is 0.418 e. The Morgan fingerprint density at radius 3 is 3.27 bits per heavy atom. The van der Waals surface area contributed by atoms with E-state index in [0.717, 1.165) is 3.57 Å². The number of aromatic amines is 1. The SMILES string of the molecule is O=c1[nH]c2ncc(I)cc2o1. The number of H-pyrrole nitrogens is 1. The zero-order chi connectivity index (χ0) is 7.84. The van der Waals surface area contributed by atoms with Gasteiger partial charge in [-0.25, -0.2) is 9.78 Å². The molecule has 0 unspecified atom stereocenters. The van der Waals surface area contributed by atoms with Crippen molar-refractivity contribution in [2.45, 2.75) is 0 Å². The van der Waals surface area contributed by atoms with Crippen LogP contribution < -0.4 is 5.76 Å². The molecule has 0 aliphatic carbocycles. The van der Waals surface area contributed by atoms with Gasteiger partial charge in [0.05, 0.1) is 0 Å². The average molecular weight is 262 g/mol. The molecule has 2 heterocycles. The van der Waals surface area contributed by atoms with Crippen LogP contribution in [0.2, 0.25) is 0 Å². The topological polar surface area (TPSA) is 58.9 Å². The van der Waals surface area contributed by atoms with E-state index in [2.05, 4.69) is 32.6 Å². The van der Waals surface area contributed by atoms with E-state index >= 15 is 0 Å². The molecule has 0 atom stereocenters. The fourth-order valence-electron chi connectivity index (χ4n) is 0.814. The number of oxazole rings is 1. The summed E-state index contributed by atoms with van der Waals surface area (Å²) in [6.45, 7) is 0. The molecule has 11 heavy (non-hydrogen) atoms. The van der Waals surface area contributed by atoms with Gasteiger partial charge in [0, 0.05) is 9.77 Å². The summed E-state index contributed by atoms with van der Waals surface area (Å²) in [4.78, 5) is 17.0. The zero-order valence-corrected chi connectivity index (χ0v) is 7.45. The van der Waals surface area contributed by atoms with E-state index < -0.39 is 5.76 Å². The molecule has 0 saturated heterocycles. The Balaban J connectivity index is 2.92. The number of aromatic nitrogens is 2. The average Bonchev–Trinajstić information content (AvgIpc) is 2.27. The summed E-state index contributed by atoms with van der Waals surface area (Å²) in [6.07, 6.45) is 1.66. The highest BCUT2D eigenvalue weighted by Gasteiger charge is 2.00. The Bertz CT molecular complexity index is 445. The van der Waals surface area contributed by atoms with Gasteiger partial charge in [-0.1, -0.05) is 0 Å². The maximum atomic E-state index is 10.6. The molecule has 56 valence electrons. The predicted octanol–water partition coefficient (Wildman–Crippen LogP) is 1.12. The van der Waals surface area contributed by atoms with E-state index in [1.165, 1.54) is 0 Å². The van der Waals surface area contributed by atoms with Crippen molar-refractivity contribution in [3.63, 3.8) is 0 Å². The molecule has 0 aliphatic heterocycles. The fraction of sp³-hybridized carbons (Fsp3) is 0. The highest BCUT2D eigenvalue weighted by atomic mass is 127. The lowest BCUT2D eigenvalue weighted by Crippen LogP contribution is -1.93. The second-order valence-electron chi connectivity index (χ2n) is 2.01. The van der Waals surface area contributed by atoms with Gasteiger partial charge in [-0.05, 0) is 28.7 Å². The summed E-state index contributed by atoms with van der Waals surface area (Å²) in [7, 11) is 0. The number of nitrogens with one attached hydrogen (secondary N) is 1. The number of hydrogen-bond donors (Lipinski definition) is 1. The van der Waals surface area contributed by atoms with Crippen LogP contribution in [0.25, 0.3) is 11.2 Å². The van der Waals surface area contributed by atoms with Crippen molar-refractivity contribution < 1.29 is 4.42 Å². The van der Waals surface area contributed by atoms with Crippen molar-refractivity contribution in [1.82, 2.24) is 9.97 Å². The summed E-state index contributed by atoms with van der Waals surface area (Å²) >= 11 is 2.10. The van der Waals surface area contributed by atoms with E-state index in [0.29, 0.717) is 11.2 Å². The molecule has 0 amide bonds. The van der Waals surface area contributed by atoms with Gasteiger partial charge in [-0.3, -0.25) is 4.98 Å². The molecule has 0 spiro atoms. The maximum absolute atomic E-state index is 10.6. The first-order valence-electron chi connectivity index (χ1n) is 2.90. The van der Waals surface area contributed by atoms with Gasteiger partial charge in [-0.15, -0.1) is 0 Å². The number of nitrogens with zero attached hydrogens (tertiary/aromatic N) is 1. The third-order valence-electron chi connectivity index (χ3n) is 1.24. The highest BCUT2D eigenvalue weighted by Crippen LogP contribution is 2.10. The second-order valence-corrected chi connectivity index (χ2v) is 3.26. The van der Waals surface area contributed by atoms with Crippen LogP contribution in [0.15, 0.2) is 21.5 Å². The van der Waals surface area contributed by atoms with Crippen molar-refractivity contribution in [2.75, 3.05) is 0 Å². The number of halogens is 1. The van der Waals surface area contributed by atoms with Gasteiger partial charge in [0.15, 0.2) is 11.2 Å². The molecule has 2 aromatic rings. The first-order chi connectivity index (χ1) is 5.25. The minimum absolute atomic E-state index is 0.463. The predicted molar refractivity (Wildman–Crippen MR) is 47.3 cm³/mol. The van der Waals surface area contributed by atoms with Crippen LogP contribution in [0.4, 0.5) is 0 Å². The van der Waals surface area contributed by atoms with E-state index in [1.807, 2.05) is 0 Å². The smallest absolute Gasteiger partial charge is 0.406 e. The Morgan fingerprint density at radius 2 is 2.45 bits per heavy atom. The van der Waals surface area contributed by atoms with Crippen LogP contribution in [0.1, 0.15) is 0 Å². The molecule has 4 nitrogen and oxygen atoms in total. The van der Waals surface area contributed by atoms with Crippen LogP contribution in [-0.2, 0) is 0 Å². The Hall–Kier alpha value is -0.850. The number of pyridine rings is 1. The van der Waals surface area contributed by atoms with Crippen molar-refractivity contribution in [3.8, 4) is 0 Å². The quantitative estimate of drug-likeness (QED) is 0.724. The van der Waals surface area contributed by atoms with Crippen molar-refractivity contribution in [2.24, 2.45) is 0 Å². The number of fused-ring (bicyclic) bond motifs is 1. The highest BCUT2D eigenvalue weighted by molar-refractivity contribution is 14.1. The minimum atomic E-state index is -0.463. The molecule has 0 saturated carbocycles. The molecule has 0 bridgehead atoms. The van der Waals surface area contributed by atoms with E-state index in [-0.39, 0.29) is 0 Å². The number of rotatable bonds is 0. The first-order valence-corrected chi connectivity index (χ1v) is 3.98. The van der Waals surface area contributed by atoms with Crippen LogP contribution >= 0.6 is 22.6 Å². The van der Waals surface area contributed by atoms with Gasteiger partial charge in [0.25, 0.3) is 0 Å². The fourth-order valence-corrected chi connectivity index (χ4v) is 1.24. The molecule has 0 aliphatic rings. The van der Waals surface area contributed by atoms with E-state index in [9.17, 15) is 4.79 Å². The van der Waals surface area contributed by atoms with Crippen LogP contribution in [0.3, 0.4) is 0 Å². The van der Waals surface area contributed by atoms with Crippen molar-refractivity contribution >= 4 is 33.8 Å². The normalized spacial score (nSPS) is 10.6. The van der Waals surface area contributed by atoms with Gasteiger partial charge in [0.2, 0.25) is 0 Å². The lowest BCUT2D eigenvalue weighted by Gasteiger charge is -1.85. The molecule has 5 heteroatoms. The lowest BCUT2D eigenvalue weighted by molar-refractivity contribution is 0.555. The summed E-state index contributed by atoms with van der Waals surface area (Å²) in [5, 5.41) is 0. The third-order valence-corrected chi connectivity index (χ3v) is 1.83. The molecule has 0 aromatic carbocycles. The molecule has 0 radical (unpaired) electrons. The lowest BCUT2D eigenvalue weighted by atomic mass is 10.5. The molecular formula is C6H3IN2O2. The molecule has 2 rings (SSSR count). The monoisotopic (exact) mass is 262 g/mol. The number of hydrogen-bond acceptors (Lipinski definition) is 3.